The van der Waals surface area contributed by atoms with Crippen LogP contribution in [0.25, 0.3) is 6.08 Å². The number of carbonyl (C=O) groups is 2. The van der Waals surface area contributed by atoms with Crippen molar-refractivity contribution in [2.45, 2.75) is 6.92 Å². The highest BCUT2D eigenvalue weighted by atomic mass is 79.9. The fourth-order valence-corrected chi connectivity index (χ4v) is 4.42. The molecule has 2 amide bonds. The fourth-order valence-electron chi connectivity index (χ4n) is 2.87. The zero-order chi connectivity index (χ0) is 24.7. The van der Waals surface area contributed by atoms with Crippen LogP contribution in [0.15, 0.2) is 75.2 Å². The molecule has 172 valence electrons. The summed E-state index contributed by atoms with van der Waals surface area (Å²) in [6.45, 7) is 1.68. The Morgan fingerprint density at radius 1 is 1.09 bits per heavy atom. The van der Waals surface area contributed by atoms with Gasteiger partial charge in [0.25, 0.3) is 11.8 Å². The summed E-state index contributed by atoms with van der Waals surface area (Å²) in [6.07, 6.45) is 1.38. The molecular weight excluding hydrogens is 586 g/mol. The number of amides is 2. The first-order chi connectivity index (χ1) is 16.3. The average molecular weight is 604 g/mol. The van der Waals surface area contributed by atoms with Crippen molar-refractivity contribution in [2.75, 3.05) is 17.2 Å². The number of aryl methyl sites for hydroxylation is 1. The summed E-state index contributed by atoms with van der Waals surface area (Å²) in [7, 11) is 0. The number of nitrogens with zero attached hydrogens (tertiary/aromatic N) is 1. The second-order valence-electron chi connectivity index (χ2n) is 7.11. The van der Waals surface area contributed by atoms with E-state index in [0.717, 1.165) is 5.56 Å². The number of hydrogen-bond donors (Lipinski definition) is 2. The van der Waals surface area contributed by atoms with E-state index in [-0.39, 0.29) is 18.1 Å². The van der Waals surface area contributed by atoms with Crippen LogP contribution in [0.1, 0.15) is 11.1 Å². The molecule has 0 atom stereocenters. The highest BCUT2D eigenvalue weighted by Crippen LogP contribution is 2.34. The molecule has 3 aromatic rings. The molecule has 3 aromatic carbocycles. The van der Waals surface area contributed by atoms with Gasteiger partial charge in [-0.2, -0.15) is 5.26 Å². The van der Waals surface area contributed by atoms with Gasteiger partial charge in [0.2, 0.25) is 0 Å². The molecule has 0 spiro atoms. The highest BCUT2D eigenvalue weighted by Gasteiger charge is 2.16. The second-order valence-corrected chi connectivity index (χ2v) is 9.29. The quantitative estimate of drug-likeness (QED) is 0.231. The lowest BCUT2D eigenvalue weighted by Gasteiger charge is -2.13. The van der Waals surface area contributed by atoms with E-state index in [4.69, 9.17) is 16.3 Å². The zero-order valence-corrected chi connectivity index (χ0v) is 21.8. The van der Waals surface area contributed by atoms with Crippen LogP contribution >= 0.6 is 43.5 Å². The number of rotatable bonds is 7. The molecule has 0 unspecified atom stereocenters. The van der Waals surface area contributed by atoms with E-state index in [2.05, 4.69) is 42.5 Å². The van der Waals surface area contributed by atoms with Crippen molar-refractivity contribution in [1.82, 2.24) is 0 Å². The molecule has 2 N–H and O–H groups in total. The molecule has 0 aromatic heterocycles. The lowest BCUT2D eigenvalue weighted by molar-refractivity contribution is -0.118. The lowest BCUT2D eigenvalue weighted by atomic mass is 10.1. The Bertz CT molecular complexity index is 1300. The number of anilines is 2. The fraction of sp³-hybridized carbons (Fsp3) is 0.0800. The second kappa shape index (κ2) is 11.8. The first kappa shape index (κ1) is 25.5. The number of ether oxygens (including phenoxy) is 1. The van der Waals surface area contributed by atoms with Crippen LogP contribution in [0.5, 0.6) is 5.75 Å². The first-order valence-electron chi connectivity index (χ1n) is 9.93. The van der Waals surface area contributed by atoms with Gasteiger partial charge in [-0.25, -0.2) is 0 Å². The first-order valence-corrected chi connectivity index (χ1v) is 11.9. The molecular formula is C25H18Br2ClN3O3. The van der Waals surface area contributed by atoms with E-state index in [1.807, 2.05) is 25.1 Å². The molecule has 6 nitrogen and oxygen atoms in total. The molecule has 0 aliphatic carbocycles. The predicted octanol–water partition coefficient (Wildman–Crippen LogP) is 6.74. The third kappa shape index (κ3) is 6.94. The topological polar surface area (TPSA) is 91.2 Å². The normalized spacial score (nSPS) is 10.9. The molecule has 0 saturated carbocycles. The number of nitrogens with one attached hydrogen (secondary N) is 2. The van der Waals surface area contributed by atoms with Crippen molar-refractivity contribution in [3.05, 3.63) is 91.3 Å². The molecule has 0 fully saturated rings. The Labute approximate surface area is 218 Å². The van der Waals surface area contributed by atoms with Gasteiger partial charge in [0.15, 0.2) is 6.61 Å². The third-order valence-electron chi connectivity index (χ3n) is 4.51. The van der Waals surface area contributed by atoms with Crippen molar-refractivity contribution in [1.29, 1.82) is 5.26 Å². The maximum atomic E-state index is 12.7. The molecule has 0 radical (unpaired) electrons. The maximum absolute atomic E-state index is 12.7. The Morgan fingerprint density at radius 2 is 1.79 bits per heavy atom. The number of para-hydroxylation sites is 1. The summed E-state index contributed by atoms with van der Waals surface area (Å²) < 4.78 is 6.98. The molecule has 3 rings (SSSR count). The van der Waals surface area contributed by atoms with Crippen molar-refractivity contribution in [2.24, 2.45) is 0 Å². The number of halogens is 3. The highest BCUT2D eigenvalue weighted by molar-refractivity contribution is 9.11. The minimum Gasteiger partial charge on any atom is -0.482 e. The standard InChI is InChI=1S/C25H18Br2ClN3O3/c1-15-6-8-19(9-7-15)30-23(32)14-34-24-16(11-18(26)12-20(24)27)10-17(13-29)25(33)31-22-5-3-2-4-21(22)28/h2-12H,14H2,1H3,(H,30,32)(H,31,33)/b17-10+. The molecule has 0 bridgehead atoms. The van der Waals surface area contributed by atoms with Crippen LogP contribution in [0, 0.1) is 18.3 Å². The zero-order valence-electron chi connectivity index (χ0n) is 17.9. The van der Waals surface area contributed by atoms with Gasteiger partial charge >= 0.3 is 0 Å². The summed E-state index contributed by atoms with van der Waals surface area (Å²) in [5.41, 5.74) is 2.37. The van der Waals surface area contributed by atoms with Gasteiger partial charge in [-0.1, -0.05) is 57.4 Å². The van der Waals surface area contributed by atoms with Crippen LogP contribution in [0.2, 0.25) is 5.02 Å². The molecule has 0 aliphatic rings. The summed E-state index contributed by atoms with van der Waals surface area (Å²) in [6, 6.07) is 19.4. The van der Waals surface area contributed by atoms with Crippen LogP contribution < -0.4 is 15.4 Å². The Balaban J connectivity index is 1.80. The minimum absolute atomic E-state index is 0.168. The summed E-state index contributed by atoms with van der Waals surface area (Å²) in [4.78, 5) is 25.1. The van der Waals surface area contributed by atoms with Gasteiger partial charge in [0.05, 0.1) is 15.2 Å². The number of carbonyl (C=O) groups excluding carboxylic acids is 2. The average Bonchev–Trinajstić information content (AvgIpc) is 2.79. The van der Waals surface area contributed by atoms with Crippen LogP contribution in [-0.4, -0.2) is 18.4 Å². The van der Waals surface area contributed by atoms with Gasteiger partial charge in [0.1, 0.15) is 17.4 Å². The van der Waals surface area contributed by atoms with Crippen molar-refractivity contribution in [3.8, 4) is 11.8 Å². The van der Waals surface area contributed by atoms with Crippen LogP contribution in [0.3, 0.4) is 0 Å². The Kier molecular flexibility index (Phi) is 8.88. The Morgan fingerprint density at radius 3 is 2.47 bits per heavy atom. The monoisotopic (exact) mass is 601 g/mol. The SMILES string of the molecule is Cc1ccc(NC(=O)COc2c(Br)cc(Br)cc2/C=C(\C#N)C(=O)Nc2ccccc2Cl)cc1. The van der Waals surface area contributed by atoms with Crippen molar-refractivity contribution >= 4 is 72.7 Å². The largest absolute Gasteiger partial charge is 0.482 e. The summed E-state index contributed by atoms with van der Waals surface area (Å²) in [5.74, 6) is -0.680. The van der Waals surface area contributed by atoms with E-state index in [0.29, 0.717) is 36.7 Å². The molecule has 9 heteroatoms. The lowest BCUT2D eigenvalue weighted by Crippen LogP contribution is -2.20. The van der Waals surface area contributed by atoms with E-state index in [1.54, 1.807) is 48.5 Å². The smallest absolute Gasteiger partial charge is 0.266 e. The van der Waals surface area contributed by atoms with Gasteiger partial charge in [-0.05, 0) is 65.3 Å². The minimum atomic E-state index is -0.630. The molecule has 34 heavy (non-hydrogen) atoms. The van der Waals surface area contributed by atoms with Gasteiger partial charge in [-0.15, -0.1) is 0 Å². The van der Waals surface area contributed by atoms with E-state index < -0.39 is 5.91 Å². The molecule has 0 aliphatic heterocycles. The van der Waals surface area contributed by atoms with Gasteiger partial charge < -0.3 is 15.4 Å². The number of hydrogen-bond acceptors (Lipinski definition) is 4. The molecule has 0 heterocycles. The number of benzene rings is 3. The van der Waals surface area contributed by atoms with Gasteiger partial charge in [-0.3, -0.25) is 9.59 Å². The van der Waals surface area contributed by atoms with Crippen molar-refractivity contribution < 1.29 is 14.3 Å². The molecule has 0 saturated heterocycles. The summed E-state index contributed by atoms with van der Waals surface area (Å²) >= 11 is 12.9. The van der Waals surface area contributed by atoms with Crippen LogP contribution in [-0.2, 0) is 9.59 Å². The number of nitriles is 1. The van der Waals surface area contributed by atoms with E-state index in [9.17, 15) is 14.9 Å². The van der Waals surface area contributed by atoms with Crippen LogP contribution in [0.4, 0.5) is 11.4 Å². The maximum Gasteiger partial charge on any atom is 0.266 e. The summed E-state index contributed by atoms with van der Waals surface area (Å²) in [5, 5.41) is 15.3. The Hall–Kier alpha value is -3.12. The van der Waals surface area contributed by atoms with E-state index in [1.165, 1.54) is 6.08 Å². The predicted molar refractivity (Wildman–Crippen MR) is 141 cm³/mol. The van der Waals surface area contributed by atoms with E-state index >= 15 is 0 Å². The van der Waals surface area contributed by atoms with Gasteiger partial charge in [0, 0.05) is 15.7 Å². The van der Waals surface area contributed by atoms with Crippen molar-refractivity contribution in [3.63, 3.8) is 0 Å². The third-order valence-corrected chi connectivity index (χ3v) is 5.88.